The molecule has 7 heteroatoms. The molecule has 124 valence electrons. The SMILES string of the molecule is CS(=O)(=O)Cc1ccc(C(=O)NC2(CN)CCCC2)cc1.Cl. The van der Waals surface area contributed by atoms with Crippen LogP contribution < -0.4 is 11.1 Å². The first-order valence-electron chi connectivity index (χ1n) is 7.13. The third-order valence-corrected chi connectivity index (χ3v) is 4.83. The lowest BCUT2D eigenvalue weighted by Gasteiger charge is -2.28. The van der Waals surface area contributed by atoms with E-state index in [2.05, 4.69) is 5.32 Å². The molecule has 0 radical (unpaired) electrons. The molecule has 1 fully saturated rings. The van der Waals surface area contributed by atoms with Gasteiger partial charge in [-0.2, -0.15) is 0 Å². The summed E-state index contributed by atoms with van der Waals surface area (Å²) < 4.78 is 22.5. The summed E-state index contributed by atoms with van der Waals surface area (Å²) >= 11 is 0. The molecule has 1 aliphatic rings. The van der Waals surface area contributed by atoms with Gasteiger partial charge in [-0.3, -0.25) is 4.79 Å². The van der Waals surface area contributed by atoms with Gasteiger partial charge in [0.25, 0.3) is 5.91 Å². The standard InChI is InChI=1S/C15H22N2O3S.ClH/c1-21(19,20)10-12-4-6-13(7-5-12)14(18)17-15(11-16)8-2-3-9-15;/h4-7H,2-3,8-11,16H2,1H3,(H,17,18);1H. The van der Waals surface area contributed by atoms with Crippen molar-refractivity contribution in [3.8, 4) is 0 Å². The van der Waals surface area contributed by atoms with E-state index in [0.29, 0.717) is 17.7 Å². The average molecular weight is 347 g/mol. The minimum Gasteiger partial charge on any atom is -0.345 e. The van der Waals surface area contributed by atoms with E-state index in [4.69, 9.17) is 5.73 Å². The molecule has 3 N–H and O–H groups in total. The number of carbonyl (C=O) groups is 1. The van der Waals surface area contributed by atoms with Gasteiger partial charge in [-0.05, 0) is 30.5 Å². The molecule has 1 amide bonds. The van der Waals surface area contributed by atoms with Gasteiger partial charge in [-0.1, -0.05) is 25.0 Å². The second kappa shape index (κ2) is 7.44. The molecule has 1 saturated carbocycles. The molecule has 2 rings (SSSR count). The molecule has 0 heterocycles. The fourth-order valence-electron chi connectivity index (χ4n) is 2.80. The number of carbonyl (C=O) groups excluding carboxylic acids is 1. The average Bonchev–Trinajstić information content (AvgIpc) is 2.87. The van der Waals surface area contributed by atoms with Crippen molar-refractivity contribution in [2.24, 2.45) is 5.73 Å². The van der Waals surface area contributed by atoms with Crippen molar-refractivity contribution in [3.63, 3.8) is 0 Å². The second-order valence-electron chi connectivity index (χ2n) is 5.91. The Hall–Kier alpha value is -1.11. The van der Waals surface area contributed by atoms with Gasteiger partial charge in [0.15, 0.2) is 9.84 Å². The lowest BCUT2D eigenvalue weighted by molar-refractivity contribution is 0.0903. The minimum atomic E-state index is -3.06. The maximum Gasteiger partial charge on any atom is 0.251 e. The third kappa shape index (κ3) is 4.97. The normalized spacial score (nSPS) is 16.8. The summed E-state index contributed by atoms with van der Waals surface area (Å²) in [5.74, 6) is -0.157. The first kappa shape index (κ1) is 18.9. The zero-order chi connectivity index (χ0) is 15.5. The monoisotopic (exact) mass is 346 g/mol. The van der Waals surface area contributed by atoms with Crippen LogP contribution in [0.3, 0.4) is 0 Å². The van der Waals surface area contributed by atoms with Crippen LogP contribution in [0.2, 0.25) is 0 Å². The van der Waals surface area contributed by atoms with Crippen molar-refractivity contribution >= 4 is 28.2 Å². The van der Waals surface area contributed by atoms with E-state index in [1.54, 1.807) is 24.3 Å². The van der Waals surface area contributed by atoms with E-state index in [1.807, 2.05) is 0 Å². The number of nitrogens with one attached hydrogen (secondary N) is 1. The number of halogens is 1. The topological polar surface area (TPSA) is 89.3 Å². The molecular formula is C15H23ClN2O3S. The molecule has 5 nitrogen and oxygen atoms in total. The highest BCUT2D eigenvalue weighted by atomic mass is 35.5. The van der Waals surface area contributed by atoms with E-state index >= 15 is 0 Å². The molecule has 0 bridgehead atoms. The number of sulfone groups is 1. The Labute approximate surface area is 138 Å². The predicted molar refractivity (Wildman–Crippen MR) is 90.0 cm³/mol. The Balaban J connectivity index is 0.00000242. The smallest absolute Gasteiger partial charge is 0.251 e. The van der Waals surface area contributed by atoms with Gasteiger partial charge in [-0.25, -0.2) is 8.42 Å². The van der Waals surface area contributed by atoms with Crippen molar-refractivity contribution in [3.05, 3.63) is 35.4 Å². The lowest BCUT2D eigenvalue weighted by Crippen LogP contribution is -2.51. The van der Waals surface area contributed by atoms with E-state index < -0.39 is 9.84 Å². The Morgan fingerprint density at radius 3 is 2.23 bits per heavy atom. The summed E-state index contributed by atoms with van der Waals surface area (Å²) in [5.41, 5.74) is 6.75. The molecule has 1 aromatic carbocycles. The van der Waals surface area contributed by atoms with Crippen LogP contribution in [0.5, 0.6) is 0 Å². The van der Waals surface area contributed by atoms with Crippen LogP contribution in [0.15, 0.2) is 24.3 Å². The lowest BCUT2D eigenvalue weighted by atomic mass is 9.97. The highest BCUT2D eigenvalue weighted by Crippen LogP contribution is 2.28. The Kier molecular flexibility index (Phi) is 6.40. The fraction of sp³-hybridized carbons (Fsp3) is 0.533. The van der Waals surface area contributed by atoms with Crippen molar-refractivity contribution in [1.82, 2.24) is 5.32 Å². The predicted octanol–water partition coefficient (Wildman–Crippen LogP) is 1.65. The van der Waals surface area contributed by atoms with Gasteiger partial charge in [0, 0.05) is 18.4 Å². The zero-order valence-corrected chi connectivity index (χ0v) is 14.3. The Bertz CT molecular complexity index is 608. The van der Waals surface area contributed by atoms with Crippen molar-refractivity contribution in [1.29, 1.82) is 0 Å². The summed E-state index contributed by atoms with van der Waals surface area (Å²) in [4.78, 5) is 12.3. The summed E-state index contributed by atoms with van der Waals surface area (Å²) in [7, 11) is -3.06. The van der Waals surface area contributed by atoms with E-state index in [0.717, 1.165) is 25.7 Å². The van der Waals surface area contributed by atoms with Crippen LogP contribution in [0.4, 0.5) is 0 Å². The van der Waals surface area contributed by atoms with E-state index in [-0.39, 0.29) is 29.6 Å². The van der Waals surface area contributed by atoms with Crippen molar-refractivity contribution in [2.75, 3.05) is 12.8 Å². The fourth-order valence-corrected chi connectivity index (χ4v) is 3.60. The van der Waals surface area contributed by atoms with Crippen molar-refractivity contribution < 1.29 is 13.2 Å². The largest absolute Gasteiger partial charge is 0.345 e. The summed E-state index contributed by atoms with van der Waals surface area (Å²) in [6.45, 7) is 0.449. The highest BCUT2D eigenvalue weighted by molar-refractivity contribution is 7.89. The summed E-state index contributed by atoms with van der Waals surface area (Å²) in [6, 6.07) is 6.68. The molecule has 0 saturated heterocycles. The van der Waals surface area contributed by atoms with Gasteiger partial charge in [0.2, 0.25) is 0 Å². The molecule has 1 aliphatic carbocycles. The summed E-state index contributed by atoms with van der Waals surface area (Å²) in [6.07, 6.45) is 5.21. The number of hydrogen-bond donors (Lipinski definition) is 2. The number of nitrogens with two attached hydrogens (primary N) is 1. The Morgan fingerprint density at radius 1 is 1.23 bits per heavy atom. The van der Waals surface area contributed by atoms with Crippen molar-refractivity contribution in [2.45, 2.75) is 37.0 Å². The van der Waals surface area contributed by atoms with Crippen LogP contribution in [-0.2, 0) is 15.6 Å². The van der Waals surface area contributed by atoms with E-state index in [1.165, 1.54) is 6.26 Å². The van der Waals surface area contributed by atoms with Gasteiger partial charge < -0.3 is 11.1 Å². The first-order chi connectivity index (χ1) is 9.84. The number of rotatable bonds is 5. The molecule has 0 atom stereocenters. The van der Waals surface area contributed by atoms with Gasteiger partial charge in [-0.15, -0.1) is 12.4 Å². The number of hydrogen-bond acceptors (Lipinski definition) is 4. The molecule has 0 aliphatic heterocycles. The number of amides is 1. The van der Waals surface area contributed by atoms with Gasteiger partial charge in [0.05, 0.1) is 11.3 Å². The number of benzene rings is 1. The van der Waals surface area contributed by atoms with Crippen LogP contribution in [0.1, 0.15) is 41.6 Å². The van der Waals surface area contributed by atoms with Crippen LogP contribution in [0.25, 0.3) is 0 Å². The third-order valence-electron chi connectivity index (χ3n) is 3.98. The molecule has 0 unspecified atom stereocenters. The second-order valence-corrected chi connectivity index (χ2v) is 8.05. The molecular weight excluding hydrogens is 324 g/mol. The molecule has 22 heavy (non-hydrogen) atoms. The maximum absolute atomic E-state index is 12.3. The van der Waals surface area contributed by atoms with Crippen LogP contribution in [-0.4, -0.2) is 32.7 Å². The maximum atomic E-state index is 12.3. The van der Waals surface area contributed by atoms with Gasteiger partial charge in [0.1, 0.15) is 0 Å². The molecule has 1 aromatic rings. The molecule has 0 spiro atoms. The quantitative estimate of drug-likeness (QED) is 0.848. The molecule has 0 aromatic heterocycles. The van der Waals surface area contributed by atoms with Crippen LogP contribution in [0, 0.1) is 0 Å². The summed E-state index contributed by atoms with van der Waals surface area (Å²) in [5, 5.41) is 3.04. The minimum absolute atomic E-state index is 0. The Morgan fingerprint density at radius 2 is 1.77 bits per heavy atom. The first-order valence-corrected chi connectivity index (χ1v) is 9.19. The van der Waals surface area contributed by atoms with E-state index in [9.17, 15) is 13.2 Å². The highest BCUT2D eigenvalue weighted by Gasteiger charge is 2.33. The van der Waals surface area contributed by atoms with Crippen LogP contribution >= 0.6 is 12.4 Å². The zero-order valence-electron chi connectivity index (χ0n) is 12.7. The van der Waals surface area contributed by atoms with Gasteiger partial charge >= 0.3 is 0 Å².